The van der Waals surface area contributed by atoms with Gasteiger partial charge < -0.3 is 9.64 Å². The van der Waals surface area contributed by atoms with Crippen molar-refractivity contribution in [3.05, 3.63) is 34.9 Å². The minimum atomic E-state index is 0.277. The number of benzene rings is 1. The Balaban J connectivity index is 1.83. The first-order chi connectivity index (χ1) is 9.60. The standard InChI is InChI=1S/C17H25NO2/c1-13-4-5-15(14(2)12-13)6-7-17(19)18-10-8-16(20-3)9-11-18/h4-5,12,16H,6-11H2,1-3H3. The molecule has 0 saturated carbocycles. The van der Waals surface area contributed by atoms with E-state index in [0.29, 0.717) is 12.5 Å². The van der Waals surface area contributed by atoms with Crippen LogP contribution in [-0.4, -0.2) is 37.1 Å². The average Bonchev–Trinajstić information content (AvgIpc) is 2.46. The molecule has 0 unspecified atom stereocenters. The Kier molecular flexibility index (Phi) is 5.18. The second-order valence-electron chi connectivity index (χ2n) is 5.75. The summed E-state index contributed by atoms with van der Waals surface area (Å²) in [6.07, 6.45) is 3.72. The molecule has 0 spiro atoms. The maximum atomic E-state index is 12.2. The van der Waals surface area contributed by atoms with E-state index in [9.17, 15) is 4.79 Å². The number of hydrogen-bond donors (Lipinski definition) is 0. The summed E-state index contributed by atoms with van der Waals surface area (Å²) in [4.78, 5) is 14.2. The minimum absolute atomic E-state index is 0.277. The first kappa shape index (κ1) is 15.0. The predicted octanol–water partition coefficient (Wildman–Crippen LogP) is 2.87. The van der Waals surface area contributed by atoms with Gasteiger partial charge in [0.2, 0.25) is 5.91 Å². The minimum Gasteiger partial charge on any atom is -0.381 e. The van der Waals surface area contributed by atoms with Crippen molar-refractivity contribution in [2.24, 2.45) is 0 Å². The zero-order chi connectivity index (χ0) is 14.5. The van der Waals surface area contributed by atoms with Crippen LogP contribution in [0.3, 0.4) is 0 Å². The second-order valence-corrected chi connectivity index (χ2v) is 5.75. The highest BCUT2D eigenvalue weighted by Crippen LogP contribution is 2.16. The second kappa shape index (κ2) is 6.89. The summed E-state index contributed by atoms with van der Waals surface area (Å²) < 4.78 is 5.34. The van der Waals surface area contributed by atoms with Gasteiger partial charge in [-0.1, -0.05) is 23.8 Å². The van der Waals surface area contributed by atoms with Crippen LogP contribution in [0.25, 0.3) is 0 Å². The van der Waals surface area contributed by atoms with Crippen LogP contribution in [0.5, 0.6) is 0 Å². The highest BCUT2D eigenvalue weighted by Gasteiger charge is 2.22. The molecule has 0 atom stereocenters. The first-order valence-electron chi connectivity index (χ1n) is 7.47. The van der Waals surface area contributed by atoms with Gasteiger partial charge in [-0.2, -0.15) is 0 Å². The van der Waals surface area contributed by atoms with Crippen molar-refractivity contribution < 1.29 is 9.53 Å². The van der Waals surface area contributed by atoms with Crippen LogP contribution in [0, 0.1) is 13.8 Å². The van der Waals surface area contributed by atoms with Crippen LogP contribution in [-0.2, 0) is 16.0 Å². The lowest BCUT2D eigenvalue weighted by atomic mass is 10.0. The third-order valence-corrected chi connectivity index (χ3v) is 4.23. The molecule has 3 nitrogen and oxygen atoms in total. The van der Waals surface area contributed by atoms with Crippen molar-refractivity contribution in [3.8, 4) is 0 Å². The van der Waals surface area contributed by atoms with Gasteiger partial charge in [-0.05, 0) is 44.2 Å². The molecule has 1 heterocycles. The van der Waals surface area contributed by atoms with Crippen LogP contribution in [0.15, 0.2) is 18.2 Å². The predicted molar refractivity (Wildman–Crippen MR) is 80.8 cm³/mol. The van der Waals surface area contributed by atoms with E-state index in [1.807, 2.05) is 4.90 Å². The van der Waals surface area contributed by atoms with Crippen molar-refractivity contribution in [1.29, 1.82) is 0 Å². The number of nitrogens with zero attached hydrogens (tertiary/aromatic N) is 1. The molecule has 0 radical (unpaired) electrons. The SMILES string of the molecule is COC1CCN(C(=O)CCc2ccc(C)cc2C)CC1. The van der Waals surface area contributed by atoms with Gasteiger partial charge >= 0.3 is 0 Å². The summed E-state index contributed by atoms with van der Waals surface area (Å²) in [6, 6.07) is 6.45. The maximum Gasteiger partial charge on any atom is 0.222 e. The Labute approximate surface area is 121 Å². The zero-order valence-corrected chi connectivity index (χ0v) is 12.8. The van der Waals surface area contributed by atoms with E-state index in [2.05, 4.69) is 32.0 Å². The molecule has 0 aromatic heterocycles. The van der Waals surface area contributed by atoms with E-state index in [4.69, 9.17) is 4.74 Å². The fraction of sp³-hybridized carbons (Fsp3) is 0.588. The van der Waals surface area contributed by atoms with E-state index in [0.717, 1.165) is 32.4 Å². The number of carbonyl (C=O) groups is 1. The molecule has 1 aromatic rings. The number of methoxy groups -OCH3 is 1. The van der Waals surface area contributed by atoms with Crippen molar-refractivity contribution in [1.82, 2.24) is 4.90 Å². The quantitative estimate of drug-likeness (QED) is 0.845. The lowest BCUT2D eigenvalue weighted by Gasteiger charge is -2.31. The number of piperidine rings is 1. The Morgan fingerprint density at radius 3 is 2.60 bits per heavy atom. The monoisotopic (exact) mass is 275 g/mol. The number of ether oxygens (including phenoxy) is 1. The first-order valence-corrected chi connectivity index (χ1v) is 7.47. The molecule has 0 aliphatic carbocycles. The summed E-state index contributed by atoms with van der Waals surface area (Å²) in [7, 11) is 1.75. The number of rotatable bonds is 4. The Morgan fingerprint density at radius 1 is 1.30 bits per heavy atom. The third kappa shape index (κ3) is 3.83. The molecule has 1 aliphatic rings. The van der Waals surface area contributed by atoms with Gasteiger partial charge in [-0.25, -0.2) is 0 Å². The van der Waals surface area contributed by atoms with Crippen molar-refractivity contribution in [2.45, 2.75) is 45.6 Å². The molecule has 1 aliphatic heterocycles. The van der Waals surface area contributed by atoms with Crippen molar-refractivity contribution >= 4 is 5.91 Å². The molecular formula is C17H25NO2. The Bertz CT molecular complexity index is 462. The smallest absolute Gasteiger partial charge is 0.222 e. The van der Waals surface area contributed by atoms with Gasteiger partial charge in [0.25, 0.3) is 0 Å². The molecule has 110 valence electrons. The van der Waals surface area contributed by atoms with E-state index >= 15 is 0 Å². The van der Waals surface area contributed by atoms with Gasteiger partial charge in [0.1, 0.15) is 0 Å². The van der Waals surface area contributed by atoms with Crippen LogP contribution in [0.1, 0.15) is 36.0 Å². The number of amides is 1. The van der Waals surface area contributed by atoms with Crippen molar-refractivity contribution in [3.63, 3.8) is 0 Å². The van der Waals surface area contributed by atoms with Gasteiger partial charge in [0, 0.05) is 26.6 Å². The van der Waals surface area contributed by atoms with Crippen LogP contribution >= 0.6 is 0 Å². The van der Waals surface area contributed by atoms with E-state index in [-0.39, 0.29) is 5.91 Å². The zero-order valence-electron chi connectivity index (χ0n) is 12.8. The molecule has 1 fully saturated rings. The largest absolute Gasteiger partial charge is 0.381 e. The number of aryl methyl sites for hydroxylation is 3. The van der Waals surface area contributed by atoms with Gasteiger partial charge in [-0.3, -0.25) is 4.79 Å². The molecule has 1 amide bonds. The summed E-state index contributed by atoms with van der Waals surface area (Å²) in [5.41, 5.74) is 3.85. The highest BCUT2D eigenvalue weighted by atomic mass is 16.5. The molecule has 0 bridgehead atoms. The summed E-state index contributed by atoms with van der Waals surface area (Å²) in [5.74, 6) is 0.277. The summed E-state index contributed by atoms with van der Waals surface area (Å²) in [6.45, 7) is 5.90. The summed E-state index contributed by atoms with van der Waals surface area (Å²) >= 11 is 0. The van der Waals surface area contributed by atoms with E-state index < -0.39 is 0 Å². The molecular weight excluding hydrogens is 250 g/mol. The number of hydrogen-bond acceptors (Lipinski definition) is 2. The van der Waals surface area contributed by atoms with Crippen molar-refractivity contribution in [2.75, 3.05) is 20.2 Å². The lowest BCUT2D eigenvalue weighted by Crippen LogP contribution is -2.40. The van der Waals surface area contributed by atoms with E-state index in [1.54, 1.807) is 7.11 Å². The lowest BCUT2D eigenvalue weighted by molar-refractivity contribution is -0.133. The van der Waals surface area contributed by atoms with Crippen LogP contribution < -0.4 is 0 Å². The molecule has 0 N–H and O–H groups in total. The van der Waals surface area contributed by atoms with Gasteiger partial charge in [-0.15, -0.1) is 0 Å². The Morgan fingerprint density at radius 2 is 2.00 bits per heavy atom. The molecule has 3 heteroatoms. The summed E-state index contributed by atoms with van der Waals surface area (Å²) in [5, 5.41) is 0. The molecule has 1 saturated heterocycles. The molecule has 1 aromatic carbocycles. The fourth-order valence-electron chi connectivity index (χ4n) is 2.87. The van der Waals surface area contributed by atoms with E-state index in [1.165, 1.54) is 16.7 Å². The fourth-order valence-corrected chi connectivity index (χ4v) is 2.87. The average molecular weight is 275 g/mol. The number of likely N-dealkylation sites (tertiary alicyclic amines) is 1. The van der Waals surface area contributed by atoms with Crippen LogP contribution in [0.2, 0.25) is 0 Å². The van der Waals surface area contributed by atoms with Gasteiger partial charge in [0.15, 0.2) is 0 Å². The topological polar surface area (TPSA) is 29.5 Å². The van der Waals surface area contributed by atoms with Crippen LogP contribution in [0.4, 0.5) is 0 Å². The maximum absolute atomic E-state index is 12.2. The normalized spacial score (nSPS) is 16.4. The Hall–Kier alpha value is -1.35. The molecule has 2 rings (SSSR count). The van der Waals surface area contributed by atoms with Gasteiger partial charge in [0.05, 0.1) is 6.10 Å². The third-order valence-electron chi connectivity index (χ3n) is 4.23. The molecule has 20 heavy (non-hydrogen) atoms. The number of carbonyl (C=O) groups excluding carboxylic acids is 1. The highest BCUT2D eigenvalue weighted by molar-refractivity contribution is 5.76.